The molecule has 1 unspecified atom stereocenters. The minimum absolute atomic E-state index is 0.0123. The highest BCUT2D eigenvalue weighted by atomic mass is 16.5. The van der Waals surface area contributed by atoms with E-state index >= 15 is 0 Å². The van der Waals surface area contributed by atoms with Gasteiger partial charge in [-0.25, -0.2) is 0 Å². The van der Waals surface area contributed by atoms with Crippen molar-refractivity contribution in [3.63, 3.8) is 0 Å². The number of morpholine rings is 1. The first-order chi connectivity index (χ1) is 8.33. The zero-order valence-electron chi connectivity index (χ0n) is 9.46. The molecule has 1 fully saturated rings. The molecule has 0 aliphatic carbocycles. The van der Waals surface area contributed by atoms with Crippen LogP contribution in [0.5, 0.6) is 0 Å². The molecule has 0 aromatic carbocycles. The largest absolute Gasteiger partial charge is 0.378 e. The maximum atomic E-state index is 5.35. The van der Waals surface area contributed by atoms with Crippen molar-refractivity contribution in [3.05, 3.63) is 18.3 Å². The molecule has 3 rings (SSSR count). The number of aromatic nitrogens is 4. The Balaban J connectivity index is 1.82. The molecular formula is C10H13N5O2. The molecule has 0 radical (unpaired) electrons. The third-order valence-corrected chi connectivity index (χ3v) is 2.62. The number of nitrogens with zero attached hydrogens (tertiary/aromatic N) is 4. The molecule has 0 bridgehead atoms. The standard InChI is InChI=1S/C10H13N5O2/c1-15-5-7(4-12-15)9-13-10(17-14-9)8-6-16-3-2-11-8/h4-5,8,11H,2-3,6H2,1H3. The van der Waals surface area contributed by atoms with Gasteiger partial charge in [-0.3, -0.25) is 4.68 Å². The van der Waals surface area contributed by atoms with Crippen LogP contribution in [-0.2, 0) is 11.8 Å². The average molecular weight is 235 g/mol. The molecule has 7 nitrogen and oxygen atoms in total. The van der Waals surface area contributed by atoms with Crippen molar-refractivity contribution >= 4 is 0 Å². The average Bonchev–Trinajstić information content (AvgIpc) is 2.98. The Hall–Kier alpha value is -1.73. The molecule has 1 N–H and O–H groups in total. The Kier molecular flexibility index (Phi) is 2.62. The highest BCUT2D eigenvalue weighted by Crippen LogP contribution is 2.19. The summed E-state index contributed by atoms with van der Waals surface area (Å²) >= 11 is 0. The molecule has 1 aliphatic rings. The minimum atomic E-state index is -0.0123. The Morgan fingerprint density at radius 1 is 1.53 bits per heavy atom. The van der Waals surface area contributed by atoms with Gasteiger partial charge in [-0.1, -0.05) is 5.16 Å². The topological polar surface area (TPSA) is 78.0 Å². The summed E-state index contributed by atoms with van der Waals surface area (Å²) in [5, 5.41) is 11.3. The third kappa shape index (κ3) is 2.06. The first kappa shape index (κ1) is 10.4. The quantitative estimate of drug-likeness (QED) is 0.797. The molecule has 1 aliphatic heterocycles. The van der Waals surface area contributed by atoms with Crippen LogP contribution in [0.1, 0.15) is 11.9 Å². The van der Waals surface area contributed by atoms with Gasteiger partial charge in [0.25, 0.3) is 0 Å². The number of rotatable bonds is 2. The molecule has 0 saturated carbocycles. The molecule has 90 valence electrons. The van der Waals surface area contributed by atoms with Crippen LogP contribution in [0.15, 0.2) is 16.9 Å². The predicted octanol–water partition coefficient (Wildman–Crippen LogP) is 0.131. The second-order valence-corrected chi connectivity index (χ2v) is 3.94. The fourth-order valence-corrected chi connectivity index (χ4v) is 1.75. The lowest BCUT2D eigenvalue weighted by molar-refractivity contribution is 0.0659. The monoisotopic (exact) mass is 235 g/mol. The van der Waals surface area contributed by atoms with Crippen LogP contribution >= 0.6 is 0 Å². The number of nitrogens with one attached hydrogen (secondary N) is 1. The van der Waals surface area contributed by atoms with Crippen molar-refractivity contribution < 1.29 is 9.26 Å². The second kappa shape index (κ2) is 4.27. The van der Waals surface area contributed by atoms with Crippen LogP contribution in [0.3, 0.4) is 0 Å². The Morgan fingerprint density at radius 3 is 3.18 bits per heavy atom. The van der Waals surface area contributed by atoms with Gasteiger partial charge in [0.1, 0.15) is 6.04 Å². The molecule has 1 atom stereocenters. The highest BCUT2D eigenvalue weighted by Gasteiger charge is 2.22. The van der Waals surface area contributed by atoms with Crippen molar-refractivity contribution in [2.75, 3.05) is 19.8 Å². The molecule has 0 spiro atoms. The van der Waals surface area contributed by atoms with Gasteiger partial charge in [0.15, 0.2) is 0 Å². The Bertz CT molecular complexity index is 500. The second-order valence-electron chi connectivity index (χ2n) is 3.94. The number of ether oxygens (including phenoxy) is 1. The summed E-state index contributed by atoms with van der Waals surface area (Å²) < 4.78 is 12.3. The van der Waals surface area contributed by atoms with Crippen LogP contribution in [-0.4, -0.2) is 39.7 Å². The zero-order chi connectivity index (χ0) is 11.7. The Labute approximate surface area is 97.8 Å². The van der Waals surface area contributed by atoms with E-state index in [1.165, 1.54) is 0 Å². The number of hydrogen-bond donors (Lipinski definition) is 1. The number of hydrogen-bond acceptors (Lipinski definition) is 6. The maximum Gasteiger partial charge on any atom is 0.246 e. The third-order valence-electron chi connectivity index (χ3n) is 2.62. The molecule has 2 aromatic rings. The van der Waals surface area contributed by atoms with Crippen molar-refractivity contribution in [2.24, 2.45) is 7.05 Å². The molecule has 2 aromatic heterocycles. The molecule has 0 amide bonds. The molecule has 3 heterocycles. The zero-order valence-corrected chi connectivity index (χ0v) is 9.46. The van der Waals surface area contributed by atoms with Crippen LogP contribution < -0.4 is 5.32 Å². The number of aryl methyl sites for hydroxylation is 1. The normalized spacial score (nSPS) is 20.6. The molecule has 1 saturated heterocycles. The van der Waals surface area contributed by atoms with E-state index in [1.54, 1.807) is 10.9 Å². The SMILES string of the molecule is Cn1cc(-c2noc(C3COCCN3)n2)cn1. The van der Waals surface area contributed by atoms with Gasteiger partial charge >= 0.3 is 0 Å². The van der Waals surface area contributed by atoms with E-state index in [2.05, 4.69) is 20.6 Å². The lowest BCUT2D eigenvalue weighted by Gasteiger charge is -2.20. The lowest BCUT2D eigenvalue weighted by Crippen LogP contribution is -2.34. The van der Waals surface area contributed by atoms with E-state index in [0.29, 0.717) is 18.3 Å². The fraction of sp³-hybridized carbons (Fsp3) is 0.500. The fourth-order valence-electron chi connectivity index (χ4n) is 1.75. The van der Waals surface area contributed by atoms with E-state index in [1.807, 2.05) is 13.2 Å². The lowest BCUT2D eigenvalue weighted by atomic mass is 10.3. The molecular weight excluding hydrogens is 222 g/mol. The van der Waals surface area contributed by atoms with E-state index in [4.69, 9.17) is 9.26 Å². The van der Waals surface area contributed by atoms with Gasteiger partial charge in [-0.05, 0) is 0 Å². The van der Waals surface area contributed by atoms with Crippen molar-refractivity contribution in [3.8, 4) is 11.4 Å². The summed E-state index contributed by atoms with van der Waals surface area (Å²) in [7, 11) is 1.85. The highest BCUT2D eigenvalue weighted by molar-refractivity contribution is 5.51. The van der Waals surface area contributed by atoms with Crippen LogP contribution in [0.25, 0.3) is 11.4 Å². The first-order valence-corrected chi connectivity index (χ1v) is 5.46. The van der Waals surface area contributed by atoms with Gasteiger partial charge in [-0.15, -0.1) is 0 Å². The summed E-state index contributed by atoms with van der Waals surface area (Å²) in [6.07, 6.45) is 3.55. The van der Waals surface area contributed by atoms with Crippen LogP contribution in [0.2, 0.25) is 0 Å². The summed E-state index contributed by atoms with van der Waals surface area (Å²) in [6, 6.07) is -0.0123. The minimum Gasteiger partial charge on any atom is -0.378 e. The van der Waals surface area contributed by atoms with Crippen molar-refractivity contribution in [2.45, 2.75) is 6.04 Å². The van der Waals surface area contributed by atoms with E-state index < -0.39 is 0 Å². The summed E-state index contributed by atoms with van der Waals surface area (Å²) in [5.41, 5.74) is 0.847. The van der Waals surface area contributed by atoms with E-state index in [-0.39, 0.29) is 6.04 Å². The van der Waals surface area contributed by atoms with E-state index in [9.17, 15) is 0 Å². The van der Waals surface area contributed by atoms with Gasteiger partial charge in [0.2, 0.25) is 11.7 Å². The van der Waals surface area contributed by atoms with Gasteiger partial charge in [0, 0.05) is 19.8 Å². The predicted molar refractivity (Wildman–Crippen MR) is 58.1 cm³/mol. The summed E-state index contributed by atoms with van der Waals surface area (Å²) in [4.78, 5) is 4.34. The summed E-state index contributed by atoms with van der Waals surface area (Å²) in [5.74, 6) is 1.11. The first-order valence-electron chi connectivity index (χ1n) is 5.46. The van der Waals surface area contributed by atoms with Crippen LogP contribution in [0, 0.1) is 0 Å². The molecule has 7 heteroatoms. The molecule has 17 heavy (non-hydrogen) atoms. The van der Waals surface area contributed by atoms with Gasteiger partial charge in [0.05, 0.1) is 25.0 Å². The smallest absolute Gasteiger partial charge is 0.246 e. The maximum absolute atomic E-state index is 5.35. The van der Waals surface area contributed by atoms with Gasteiger partial charge < -0.3 is 14.6 Å². The van der Waals surface area contributed by atoms with Gasteiger partial charge in [-0.2, -0.15) is 10.1 Å². The van der Waals surface area contributed by atoms with Crippen LogP contribution in [0.4, 0.5) is 0 Å². The van der Waals surface area contributed by atoms with E-state index in [0.717, 1.165) is 18.7 Å². The van der Waals surface area contributed by atoms with Crippen molar-refractivity contribution in [1.29, 1.82) is 0 Å². The summed E-state index contributed by atoms with van der Waals surface area (Å²) in [6.45, 7) is 2.09. The Morgan fingerprint density at radius 2 is 2.47 bits per heavy atom. The van der Waals surface area contributed by atoms with Crippen molar-refractivity contribution in [1.82, 2.24) is 25.2 Å².